The molecular weight excluding hydrogens is 214 g/mol. The summed E-state index contributed by atoms with van der Waals surface area (Å²) in [6, 6.07) is 0.370. The molecule has 0 aromatic carbocycles. The number of nitrogens with one attached hydrogen (secondary N) is 2. The first-order valence-electron chi connectivity index (χ1n) is 6.11. The monoisotopic (exact) mass is 239 g/mol. The van der Waals surface area contributed by atoms with E-state index in [1.807, 2.05) is 6.92 Å². The Kier molecular flexibility index (Phi) is 4.81. The zero-order valence-electron chi connectivity index (χ0n) is 11.5. The Balaban J connectivity index is 2.67. The van der Waals surface area contributed by atoms with Gasteiger partial charge in [-0.25, -0.2) is 4.98 Å². The number of nitrogens with two attached hydrogens (primary N) is 1. The van der Waals surface area contributed by atoms with Gasteiger partial charge in [0.15, 0.2) is 5.82 Å². The highest BCUT2D eigenvalue weighted by atomic mass is 15.2. The van der Waals surface area contributed by atoms with Crippen LogP contribution in [0.2, 0.25) is 0 Å². The molecule has 1 aromatic rings. The number of anilines is 2. The van der Waals surface area contributed by atoms with Crippen LogP contribution >= 0.6 is 0 Å². The van der Waals surface area contributed by atoms with Crippen LogP contribution in [0.4, 0.5) is 11.6 Å². The van der Waals surface area contributed by atoms with Crippen LogP contribution in [0.1, 0.15) is 26.1 Å². The number of aromatic amines is 1. The first kappa shape index (κ1) is 13.8. The third-order valence-corrected chi connectivity index (χ3v) is 2.53. The number of likely N-dealkylation sites (N-methyl/N-ethyl adjacent to an activating group) is 1. The van der Waals surface area contributed by atoms with Crippen molar-refractivity contribution in [2.75, 3.05) is 31.7 Å². The highest BCUT2D eigenvalue weighted by Crippen LogP contribution is 2.17. The van der Waals surface area contributed by atoms with Crippen LogP contribution in [0.25, 0.3) is 0 Å². The molecule has 0 aliphatic carbocycles. The van der Waals surface area contributed by atoms with Crippen LogP contribution in [0.5, 0.6) is 0 Å². The molecule has 0 aliphatic heterocycles. The Morgan fingerprint density at radius 1 is 1.41 bits per heavy atom. The number of rotatable bonds is 6. The maximum Gasteiger partial charge on any atom is 0.169 e. The van der Waals surface area contributed by atoms with E-state index in [1.165, 1.54) is 0 Å². The number of nitrogens with zero attached hydrogens (tertiary/aromatic N) is 2. The molecule has 0 fully saturated rings. The molecular formula is C12H25N5. The maximum absolute atomic E-state index is 5.86. The van der Waals surface area contributed by atoms with Crippen molar-refractivity contribution in [2.24, 2.45) is 5.92 Å². The summed E-state index contributed by atoms with van der Waals surface area (Å²) in [5.41, 5.74) is 5.86. The molecule has 0 bridgehead atoms. The van der Waals surface area contributed by atoms with E-state index in [-0.39, 0.29) is 0 Å². The summed E-state index contributed by atoms with van der Waals surface area (Å²) in [6.07, 6.45) is 1.10. The average Bonchev–Trinajstić information content (AvgIpc) is 2.42. The summed E-state index contributed by atoms with van der Waals surface area (Å²) in [5.74, 6) is 2.89. The predicted molar refractivity (Wildman–Crippen MR) is 73.2 cm³/mol. The molecule has 0 amide bonds. The van der Waals surface area contributed by atoms with Crippen LogP contribution in [-0.4, -0.2) is 41.5 Å². The molecule has 5 nitrogen and oxygen atoms in total. The lowest BCUT2D eigenvalue weighted by molar-refractivity contribution is 0.356. The number of hydrogen-bond acceptors (Lipinski definition) is 4. The van der Waals surface area contributed by atoms with Crippen LogP contribution < -0.4 is 11.1 Å². The first-order chi connectivity index (χ1) is 7.88. The van der Waals surface area contributed by atoms with Crippen LogP contribution in [0.15, 0.2) is 0 Å². The van der Waals surface area contributed by atoms with Crippen molar-refractivity contribution in [1.29, 1.82) is 0 Å². The molecule has 17 heavy (non-hydrogen) atoms. The minimum absolute atomic E-state index is 0.370. The van der Waals surface area contributed by atoms with Gasteiger partial charge in [-0.1, -0.05) is 13.8 Å². The quantitative estimate of drug-likeness (QED) is 0.706. The second-order valence-electron chi connectivity index (χ2n) is 5.32. The summed E-state index contributed by atoms with van der Waals surface area (Å²) in [7, 11) is 4.16. The maximum atomic E-state index is 5.86. The number of aromatic nitrogens is 2. The fraction of sp³-hybridized carbons (Fsp3) is 0.750. The van der Waals surface area contributed by atoms with E-state index in [0.29, 0.717) is 17.8 Å². The van der Waals surface area contributed by atoms with Crippen LogP contribution in [0, 0.1) is 12.8 Å². The van der Waals surface area contributed by atoms with Crippen molar-refractivity contribution in [1.82, 2.24) is 14.9 Å². The average molecular weight is 239 g/mol. The number of H-pyrrole nitrogens is 1. The van der Waals surface area contributed by atoms with Gasteiger partial charge in [0.05, 0.1) is 0 Å². The van der Waals surface area contributed by atoms with E-state index in [4.69, 9.17) is 5.73 Å². The number of aryl methyl sites for hydroxylation is 1. The number of nitrogen functional groups attached to an aromatic ring is 1. The van der Waals surface area contributed by atoms with Crippen molar-refractivity contribution >= 4 is 11.6 Å². The Labute approximate surface area is 104 Å². The van der Waals surface area contributed by atoms with Gasteiger partial charge in [-0.3, -0.25) is 0 Å². The fourth-order valence-electron chi connectivity index (χ4n) is 2.00. The van der Waals surface area contributed by atoms with Crippen molar-refractivity contribution < 1.29 is 0 Å². The lowest BCUT2D eigenvalue weighted by Crippen LogP contribution is -2.33. The van der Waals surface area contributed by atoms with Gasteiger partial charge >= 0.3 is 0 Å². The molecule has 1 atom stereocenters. The summed E-state index contributed by atoms with van der Waals surface area (Å²) in [4.78, 5) is 9.54. The van der Waals surface area contributed by atoms with E-state index >= 15 is 0 Å². The topological polar surface area (TPSA) is 70.0 Å². The van der Waals surface area contributed by atoms with Crippen molar-refractivity contribution in [2.45, 2.75) is 33.2 Å². The van der Waals surface area contributed by atoms with E-state index in [2.05, 4.69) is 48.1 Å². The Morgan fingerprint density at radius 3 is 2.47 bits per heavy atom. The summed E-state index contributed by atoms with van der Waals surface area (Å²) in [6.45, 7) is 7.33. The number of hydrogen-bond donors (Lipinski definition) is 3. The molecule has 4 N–H and O–H groups in total. The van der Waals surface area contributed by atoms with Crippen molar-refractivity contribution in [3.05, 3.63) is 5.82 Å². The van der Waals surface area contributed by atoms with Crippen LogP contribution in [0.3, 0.4) is 0 Å². The normalized spacial score (nSPS) is 13.4. The van der Waals surface area contributed by atoms with Gasteiger partial charge < -0.3 is 20.9 Å². The van der Waals surface area contributed by atoms with Crippen molar-refractivity contribution in [3.8, 4) is 0 Å². The summed E-state index contributed by atoms with van der Waals surface area (Å²) in [5, 5.41) is 3.42. The van der Waals surface area contributed by atoms with Gasteiger partial charge in [0.2, 0.25) is 0 Å². The van der Waals surface area contributed by atoms with Crippen LogP contribution in [-0.2, 0) is 0 Å². The van der Waals surface area contributed by atoms with Gasteiger partial charge in [-0.2, -0.15) is 0 Å². The lowest BCUT2D eigenvalue weighted by atomic mass is 10.0. The molecule has 0 spiro atoms. The highest BCUT2D eigenvalue weighted by molar-refractivity contribution is 5.57. The van der Waals surface area contributed by atoms with E-state index in [9.17, 15) is 0 Å². The van der Waals surface area contributed by atoms with Gasteiger partial charge in [0, 0.05) is 12.6 Å². The third kappa shape index (κ3) is 4.65. The minimum Gasteiger partial charge on any atom is -0.382 e. The Hall–Kier alpha value is -1.23. The fourth-order valence-corrected chi connectivity index (χ4v) is 2.00. The lowest BCUT2D eigenvalue weighted by Gasteiger charge is -2.24. The molecule has 0 saturated carbocycles. The zero-order valence-corrected chi connectivity index (χ0v) is 11.5. The van der Waals surface area contributed by atoms with Crippen molar-refractivity contribution in [3.63, 3.8) is 0 Å². The van der Waals surface area contributed by atoms with E-state index < -0.39 is 0 Å². The molecule has 5 heteroatoms. The Morgan fingerprint density at radius 2 is 2.06 bits per heavy atom. The SMILES string of the molecule is Cc1nc(NC(CC(C)C)CN(C)C)c(N)[nH]1. The standard InChI is InChI=1S/C12H25N5/c1-8(2)6-10(7-17(4)5)16-12-11(13)14-9(3)15-12/h8,10,16H,6-7,13H2,1-5H3,(H,14,15). The first-order valence-corrected chi connectivity index (χ1v) is 6.11. The number of imidazole rings is 1. The molecule has 1 rings (SSSR count). The van der Waals surface area contributed by atoms with Gasteiger partial charge in [-0.05, 0) is 33.4 Å². The highest BCUT2D eigenvalue weighted by Gasteiger charge is 2.15. The zero-order chi connectivity index (χ0) is 13.0. The second kappa shape index (κ2) is 5.91. The second-order valence-corrected chi connectivity index (χ2v) is 5.32. The molecule has 1 heterocycles. The summed E-state index contributed by atoms with van der Waals surface area (Å²) < 4.78 is 0. The molecule has 0 saturated heterocycles. The molecule has 1 unspecified atom stereocenters. The Bertz CT molecular complexity index is 333. The van der Waals surface area contributed by atoms with Gasteiger partial charge in [0.25, 0.3) is 0 Å². The predicted octanol–water partition coefficient (Wildman–Crippen LogP) is 1.69. The smallest absolute Gasteiger partial charge is 0.169 e. The molecule has 1 aromatic heterocycles. The van der Waals surface area contributed by atoms with Gasteiger partial charge in [-0.15, -0.1) is 0 Å². The molecule has 0 radical (unpaired) electrons. The van der Waals surface area contributed by atoms with Gasteiger partial charge in [0.1, 0.15) is 11.6 Å². The molecule has 98 valence electrons. The summed E-state index contributed by atoms with van der Waals surface area (Å²) >= 11 is 0. The third-order valence-electron chi connectivity index (χ3n) is 2.53. The largest absolute Gasteiger partial charge is 0.382 e. The molecule has 0 aliphatic rings. The van der Waals surface area contributed by atoms with E-state index in [1.54, 1.807) is 0 Å². The van der Waals surface area contributed by atoms with E-state index in [0.717, 1.165) is 24.6 Å². The minimum atomic E-state index is 0.370.